The van der Waals surface area contributed by atoms with Crippen LogP contribution in [-0.4, -0.2) is 30.3 Å². The molecule has 2 heterocycles. The Balaban J connectivity index is 1.59. The zero-order chi connectivity index (χ0) is 19.4. The highest BCUT2D eigenvalue weighted by atomic mass is 35.5. The van der Waals surface area contributed by atoms with Crippen LogP contribution in [0.2, 0.25) is 5.02 Å². The molecule has 0 aliphatic carbocycles. The average molecular weight is 405 g/mol. The molecule has 1 aromatic carbocycles. The number of nitriles is 1. The fourth-order valence-electron chi connectivity index (χ4n) is 2.32. The standard InChI is InChI=1S/C17H13ClN4O4S/c18-13-5-6-16-21-14(10-22(16)9-13)11-26-17(23)8-20-27(24,25)15-4-2-1-3-12(15)7-19/h1-6,9-10,20H,8,11H2. The van der Waals surface area contributed by atoms with Crippen molar-refractivity contribution in [3.8, 4) is 6.07 Å². The Labute approximate surface area is 160 Å². The molecule has 10 heteroatoms. The molecule has 0 aliphatic heterocycles. The summed E-state index contributed by atoms with van der Waals surface area (Å²) in [5.74, 6) is -0.775. The number of rotatable bonds is 6. The van der Waals surface area contributed by atoms with E-state index in [-0.39, 0.29) is 17.1 Å². The maximum atomic E-state index is 12.2. The summed E-state index contributed by atoms with van der Waals surface area (Å²) in [5.41, 5.74) is 1.12. The number of sulfonamides is 1. The van der Waals surface area contributed by atoms with Crippen LogP contribution < -0.4 is 4.72 Å². The number of esters is 1. The third-order valence-electron chi connectivity index (χ3n) is 3.55. The van der Waals surface area contributed by atoms with Crippen LogP contribution in [0.15, 0.2) is 53.7 Å². The van der Waals surface area contributed by atoms with Crippen LogP contribution in [0.5, 0.6) is 0 Å². The molecule has 0 saturated heterocycles. The quantitative estimate of drug-likeness (QED) is 0.627. The molecule has 0 radical (unpaired) electrons. The lowest BCUT2D eigenvalue weighted by molar-refractivity contribution is -0.143. The van der Waals surface area contributed by atoms with E-state index in [9.17, 15) is 13.2 Å². The number of hydrogen-bond acceptors (Lipinski definition) is 6. The van der Waals surface area contributed by atoms with E-state index in [2.05, 4.69) is 9.71 Å². The monoisotopic (exact) mass is 404 g/mol. The highest BCUT2D eigenvalue weighted by Gasteiger charge is 2.19. The van der Waals surface area contributed by atoms with Crippen LogP contribution in [0, 0.1) is 11.3 Å². The zero-order valence-electron chi connectivity index (χ0n) is 13.8. The van der Waals surface area contributed by atoms with Crippen molar-refractivity contribution in [2.45, 2.75) is 11.5 Å². The van der Waals surface area contributed by atoms with E-state index in [1.165, 1.54) is 18.2 Å². The summed E-state index contributed by atoms with van der Waals surface area (Å²) in [6.07, 6.45) is 3.32. The molecule has 138 valence electrons. The molecule has 1 N–H and O–H groups in total. The molecule has 0 aliphatic rings. The number of aromatic nitrogens is 2. The molecule has 0 atom stereocenters. The van der Waals surface area contributed by atoms with Crippen molar-refractivity contribution >= 4 is 33.2 Å². The summed E-state index contributed by atoms with van der Waals surface area (Å²) in [4.78, 5) is 15.9. The predicted molar refractivity (Wildman–Crippen MR) is 96.3 cm³/mol. The molecule has 8 nitrogen and oxygen atoms in total. The number of ether oxygens (including phenoxy) is 1. The van der Waals surface area contributed by atoms with Gasteiger partial charge >= 0.3 is 5.97 Å². The van der Waals surface area contributed by atoms with Gasteiger partial charge in [0.25, 0.3) is 0 Å². The van der Waals surface area contributed by atoms with Gasteiger partial charge < -0.3 is 9.14 Å². The van der Waals surface area contributed by atoms with Gasteiger partial charge in [-0.15, -0.1) is 0 Å². The minimum absolute atomic E-state index is 0.0123. The van der Waals surface area contributed by atoms with Gasteiger partial charge in [0.1, 0.15) is 24.9 Å². The van der Waals surface area contributed by atoms with Crippen LogP contribution in [0.1, 0.15) is 11.3 Å². The number of nitrogens with one attached hydrogen (secondary N) is 1. The number of pyridine rings is 1. The summed E-state index contributed by atoms with van der Waals surface area (Å²) < 4.78 is 33.3. The van der Waals surface area contributed by atoms with E-state index in [0.29, 0.717) is 16.4 Å². The second-order valence-electron chi connectivity index (χ2n) is 5.44. The molecular weight excluding hydrogens is 392 g/mol. The molecule has 0 saturated carbocycles. The first-order valence-electron chi connectivity index (χ1n) is 7.66. The summed E-state index contributed by atoms with van der Waals surface area (Å²) in [7, 11) is -4.01. The lowest BCUT2D eigenvalue weighted by Crippen LogP contribution is -2.31. The SMILES string of the molecule is N#Cc1ccccc1S(=O)(=O)NCC(=O)OCc1cn2cc(Cl)ccc2n1. The third kappa shape index (κ3) is 4.43. The van der Waals surface area contributed by atoms with Crippen molar-refractivity contribution in [2.75, 3.05) is 6.54 Å². The van der Waals surface area contributed by atoms with Gasteiger partial charge in [0.2, 0.25) is 10.0 Å². The first-order chi connectivity index (χ1) is 12.9. The van der Waals surface area contributed by atoms with Gasteiger partial charge in [-0.2, -0.15) is 9.98 Å². The van der Waals surface area contributed by atoms with Gasteiger partial charge in [0.15, 0.2) is 0 Å². The van der Waals surface area contributed by atoms with Crippen LogP contribution in [0.25, 0.3) is 5.65 Å². The van der Waals surface area contributed by atoms with Crippen LogP contribution in [0.3, 0.4) is 0 Å². The number of fused-ring (bicyclic) bond motifs is 1. The van der Waals surface area contributed by atoms with Crippen molar-refractivity contribution in [3.05, 3.63) is 65.1 Å². The van der Waals surface area contributed by atoms with Crippen LogP contribution in [-0.2, 0) is 26.2 Å². The Morgan fingerprint density at radius 2 is 2.04 bits per heavy atom. The minimum atomic E-state index is -4.01. The average Bonchev–Trinajstić information content (AvgIpc) is 3.06. The van der Waals surface area contributed by atoms with E-state index in [4.69, 9.17) is 21.6 Å². The first kappa shape index (κ1) is 18.8. The highest BCUT2D eigenvalue weighted by Crippen LogP contribution is 2.14. The highest BCUT2D eigenvalue weighted by molar-refractivity contribution is 7.89. The number of hydrogen-bond donors (Lipinski definition) is 1. The number of benzene rings is 1. The third-order valence-corrected chi connectivity index (χ3v) is 5.23. The van der Waals surface area contributed by atoms with E-state index >= 15 is 0 Å². The Kier molecular flexibility index (Phi) is 5.41. The van der Waals surface area contributed by atoms with Gasteiger partial charge in [-0.1, -0.05) is 23.7 Å². The summed E-state index contributed by atoms with van der Waals surface area (Å²) in [6.45, 7) is -0.685. The molecule has 0 amide bonds. The lowest BCUT2D eigenvalue weighted by Gasteiger charge is -2.07. The molecule has 2 aromatic heterocycles. The molecule has 3 rings (SSSR count). The van der Waals surface area contributed by atoms with E-state index in [1.54, 1.807) is 41.1 Å². The summed E-state index contributed by atoms with van der Waals surface area (Å²) in [5, 5.41) is 9.53. The van der Waals surface area contributed by atoms with Gasteiger partial charge in [0, 0.05) is 12.4 Å². The van der Waals surface area contributed by atoms with Crippen molar-refractivity contribution in [2.24, 2.45) is 0 Å². The molecule has 27 heavy (non-hydrogen) atoms. The topological polar surface area (TPSA) is 114 Å². The van der Waals surface area contributed by atoms with E-state index in [1.807, 2.05) is 0 Å². The molecule has 0 bridgehead atoms. The maximum absolute atomic E-state index is 12.2. The molecular formula is C17H13ClN4O4S. The summed E-state index contributed by atoms with van der Waals surface area (Å²) in [6, 6.07) is 10.9. The van der Waals surface area contributed by atoms with Crippen molar-refractivity contribution in [1.29, 1.82) is 5.26 Å². The van der Waals surface area contributed by atoms with Crippen molar-refractivity contribution < 1.29 is 17.9 Å². The second kappa shape index (κ2) is 7.75. The Hall–Kier alpha value is -2.93. The van der Waals surface area contributed by atoms with Crippen LogP contribution in [0.4, 0.5) is 0 Å². The van der Waals surface area contributed by atoms with Gasteiger partial charge in [-0.05, 0) is 24.3 Å². The first-order valence-corrected chi connectivity index (χ1v) is 9.53. The molecule has 3 aromatic rings. The van der Waals surface area contributed by atoms with Gasteiger partial charge in [-0.3, -0.25) is 4.79 Å². The lowest BCUT2D eigenvalue weighted by atomic mass is 10.2. The van der Waals surface area contributed by atoms with Crippen molar-refractivity contribution in [1.82, 2.24) is 14.1 Å². The number of carbonyl (C=O) groups excluding carboxylic acids is 1. The largest absolute Gasteiger partial charge is 0.458 e. The minimum Gasteiger partial charge on any atom is -0.458 e. The Morgan fingerprint density at radius 3 is 2.81 bits per heavy atom. The molecule has 0 unspecified atom stereocenters. The maximum Gasteiger partial charge on any atom is 0.321 e. The van der Waals surface area contributed by atoms with Gasteiger partial charge in [-0.25, -0.2) is 13.4 Å². The molecule has 0 spiro atoms. The fourth-order valence-corrected chi connectivity index (χ4v) is 3.61. The van der Waals surface area contributed by atoms with Crippen LogP contribution >= 0.6 is 11.6 Å². The number of imidazole rings is 1. The number of halogens is 1. The van der Waals surface area contributed by atoms with E-state index in [0.717, 1.165) is 0 Å². The van der Waals surface area contributed by atoms with E-state index < -0.39 is 22.5 Å². The van der Waals surface area contributed by atoms with Crippen molar-refractivity contribution in [3.63, 3.8) is 0 Å². The summed E-state index contributed by atoms with van der Waals surface area (Å²) >= 11 is 5.89. The zero-order valence-corrected chi connectivity index (χ0v) is 15.4. The Morgan fingerprint density at radius 1 is 1.26 bits per heavy atom. The number of carbonyl (C=O) groups is 1. The van der Waals surface area contributed by atoms with Gasteiger partial charge in [0.05, 0.1) is 21.2 Å². The Bertz CT molecular complexity index is 1150. The second-order valence-corrected chi connectivity index (χ2v) is 7.61. The normalized spacial score (nSPS) is 11.3. The fraction of sp³-hybridized carbons (Fsp3) is 0.118. The molecule has 0 fully saturated rings. The smallest absolute Gasteiger partial charge is 0.321 e. The predicted octanol–water partition coefficient (Wildman–Crippen LogP) is 1.88. The number of nitrogens with zero attached hydrogens (tertiary/aromatic N) is 3.